The number of benzene rings is 1. The van der Waals surface area contributed by atoms with Crippen molar-refractivity contribution >= 4 is 57.9 Å². The van der Waals surface area contributed by atoms with Crippen LogP contribution >= 0.6 is 46.9 Å². The Morgan fingerprint density at radius 2 is 2.07 bits per heavy atom. The van der Waals surface area contributed by atoms with Gasteiger partial charge in [0.1, 0.15) is 5.82 Å². The van der Waals surface area contributed by atoms with Crippen molar-refractivity contribution in [2.24, 2.45) is 4.99 Å². The maximum Gasteiger partial charge on any atom is 0.191 e. The first-order valence-corrected chi connectivity index (χ1v) is 10.1. The highest BCUT2D eigenvalue weighted by atomic mass is 127. The summed E-state index contributed by atoms with van der Waals surface area (Å²) in [6.45, 7) is 2.66. The van der Waals surface area contributed by atoms with E-state index in [1.165, 1.54) is 11.1 Å². The monoisotopic (exact) mass is 522 g/mol. The Bertz CT molecular complexity index is 713. The molecule has 3 rings (SSSR count). The maximum atomic E-state index is 13.8. The zero-order valence-electron chi connectivity index (χ0n) is 15.3. The van der Waals surface area contributed by atoms with Crippen molar-refractivity contribution in [2.45, 2.75) is 25.3 Å². The smallest absolute Gasteiger partial charge is 0.191 e. The Kier molecular flexibility index (Phi) is 9.11. The van der Waals surface area contributed by atoms with E-state index in [1.54, 1.807) is 30.5 Å². The van der Waals surface area contributed by atoms with Gasteiger partial charge in [-0.15, -0.1) is 35.3 Å². The topological polar surface area (TPSA) is 39.7 Å². The summed E-state index contributed by atoms with van der Waals surface area (Å²) < 4.78 is 13.8. The van der Waals surface area contributed by atoms with Crippen molar-refractivity contribution < 1.29 is 4.39 Å². The number of nitrogens with zero attached hydrogens (tertiary/aromatic N) is 2. The fourth-order valence-corrected chi connectivity index (χ4v) is 4.20. The van der Waals surface area contributed by atoms with Crippen LogP contribution in [0, 0.1) is 5.82 Å². The predicted molar refractivity (Wildman–Crippen MR) is 125 cm³/mol. The third-order valence-electron chi connectivity index (χ3n) is 4.61. The molecule has 1 fully saturated rings. The first-order chi connectivity index (χ1) is 12.7. The van der Waals surface area contributed by atoms with Crippen LogP contribution in [-0.2, 0) is 6.42 Å². The van der Waals surface area contributed by atoms with Gasteiger partial charge >= 0.3 is 0 Å². The van der Waals surface area contributed by atoms with E-state index < -0.39 is 0 Å². The van der Waals surface area contributed by atoms with Gasteiger partial charge in [0.25, 0.3) is 0 Å². The standard InChI is InChI=1S/C19H24ClFN4S.HI/c1-22-19(23-10-7-15-16(20)4-2-5-17(15)21)24-14-8-11-25(12-9-14)18-6-3-13-26-18;/h2-6,13-14H,7-12H2,1H3,(H2,22,23,24);1H. The van der Waals surface area contributed by atoms with E-state index in [0.29, 0.717) is 29.6 Å². The number of thiophene rings is 1. The number of piperidine rings is 1. The van der Waals surface area contributed by atoms with Gasteiger partial charge in [-0.2, -0.15) is 0 Å². The number of aliphatic imine (C=N–C) groups is 1. The van der Waals surface area contributed by atoms with Crippen molar-refractivity contribution in [3.05, 3.63) is 52.1 Å². The molecule has 0 unspecified atom stereocenters. The molecule has 0 amide bonds. The number of anilines is 1. The lowest BCUT2D eigenvalue weighted by atomic mass is 10.1. The SMILES string of the molecule is CN=C(NCCc1c(F)cccc1Cl)NC1CCN(c2cccs2)CC1.I. The molecular formula is C19H25ClFIN4S. The first-order valence-electron chi connectivity index (χ1n) is 8.86. The normalized spacial score (nSPS) is 15.4. The van der Waals surface area contributed by atoms with Gasteiger partial charge in [-0.3, -0.25) is 4.99 Å². The predicted octanol–water partition coefficient (Wildman–Crippen LogP) is 4.54. The van der Waals surface area contributed by atoms with Gasteiger partial charge in [0.15, 0.2) is 5.96 Å². The summed E-state index contributed by atoms with van der Waals surface area (Å²) in [7, 11) is 1.76. The molecule has 0 saturated carbocycles. The summed E-state index contributed by atoms with van der Waals surface area (Å²) >= 11 is 7.86. The molecule has 0 spiro atoms. The summed E-state index contributed by atoms with van der Waals surface area (Å²) in [4.78, 5) is 6.71. The molecular weight excluding hydrogens is 498 g/mol. The molecule has 4 nitrogen and oxygen atoms in total. The zero-order valence-corrected chi connectivity index (χ0v) is 19.2. The van der Waals surface area contributed by atoms with Gasteiger partial charge in [0, 0.05) is 43.3 Å². The lowest BCUT2D eigenvalue weighted by Crippen LogP contribution is -2.49. The Hall–Kier alpha value is -1.06. The van der Waals surface area contributed by atoms with E-state index in [-0.39, 0.29) is 29.8 Å². The van der Waals surface area contributed by atoms with Crippen LogP contribution in [0.15, 0.2) is 40.7 Å². The molecule has 0 atom stereocenters. The van der Waals surface area contributed by atoms with Crippen molar-refractivity contribution in [3.63, 3.8) is 0 Å². The second kappa shape index (κ2) is 11.1. The third-order valence-corrected chi connectivity index (χ3v) is 5.89. The summed E-state index contributed by atoms with van der Waals surface area (Å²) in [5, 5.41) is 10.7. The van der Waals surface area contributed by atoms with Crippen LogP contribution in [0.25, 0.3) is 0 Å². The van der Waals surface area contributed by atoms with Gasteiger partial charge in [0.05, 0.1) is 5.00 Å². The molecule has 8 heteroatoms. The summed E-state index contributed by atoms with van der Waals surface area (Å²) in [5.74, 6) is 0.496. The molecule has 2 heterocycles. The molecule has 148 valence electrons. The second-order valence-corrected chi connectivity index (χ2v) is 7.64. The van der Waals surface area contributed by atoms with E-state index in [0.717, 1.165) is 31.9 Å². The van der Waals surface area contributed by atoms with E-state index in [2.05, 4.69) is 38.0 Å². The van der Waals surface area contributed by atoms with E-state index in [1.807, 2.05) is 0 Å². The fraction of sp³-hybridized carbons (Fsp3) is 0.421. The number of rotatable bonds is 5. The highest BCUT2D eigenvalue weighted by Gasteiger charge is 2.20. The van der Waals surface area contributed by atoms with Crippen molar-refractivity contribution in [1.29, 1.82) is 0 Å². The van der Waals surface area contributed by atoms with Crippen LogP contribution in [0.1, 0.15) is 18.4 Å². The molecule has 1 aromatic heterocycles. The van der Waals surface area contributed by atoms with Crippen molar-refractivity contribution in [1.82, 2.24) is 10.6 Å². The molecule has 0 aliphatic carbocycles. The molecule has 1 aromatic carbocycles. The molecule has 1 aliphatic heterocycles. The minimum Gasteiger partial charge on any atom is -0.363 e. The van der Waals surface area contributed by atoms with Gasteiger partial charge < -0.3 is 15.5 Å². The second-order valence-electron chi connectivity index (χ2n) is 6.31. The number of hydrogen-bond acceptors (Lipinski definition) is 3. The summed E-state index contributed by atoms with van der Waals surface area (Å²) in [5.41, 5.74) is 0.543. The Morgan fingerprint density at radius 3 is 2.70 bits per heavy atom. The summed E-state index contributed by atoms with van der Waals surface area (Å²) in [6, 6.07) is 9.45. The van der Waals surface area contributed by atoms with E-state index in [4.69, 9.17) is 11.6 Å². The lowest BCUT2D eigenvalue weighted by Gasteiger charge is -2.33. The maximum absolute atomic E-state index is 13.8. The highest BCUT2D eigenvalue weighted by molar-refractivity contribution is 14.0. The third kappa shape index (κ3) is 6.22. The molecule has 1 saturated heterocycles. The van der Waals surface area contributed by atoms with Crippen molar-refractivity contribution in [2.75, 3.05) is 31.6 Å². The number of nitrogens with one attached hydrogen (secondary N) is 2. The average Bonchev–Trinajstić information content (AvgIpc) is 3.18. The van der Waals surface area contributed by atoms with Crippen LogP contribution in [0.5, 0.6) is 0 Å². The van der Waals surface area contributed by atoms with Crippen LogP contribution < -0.4 is 15.5 Å². The summed E-state index contributed by atoms with van der Waals surface area (Å²) in [6.07, 6.45) is 2.65. The molecule has 0 bridgehead atoms. The number of guanidine groups is 1. The Labute approximate surface area is 186 Å². The van der Waals surface area contributed by atoms with Gasteiger partial charge in [-0.05, 0) is 48.9 Å². The Balaban J connectivity index is 0.00000261. The van der Waals surface area contributed by atoms with Gasteiger partial charge in [0.2, 0.25) is 0 Å². The van der Waals surface area contributed by atoms with Gasteiger partial charge in [-0.1, -0.05) is 17.7 Å². The number of halogens is 3. The van der Waals surface area contributed by atoms with Gasteiger partial charge in [-0.25, -0.2) is 4.39 Å². The first kappa shape index (κ1) is 22.2. The van der Waals surface area contributed by atoms with Crippen LogP contribution in [-0.4, -0.2) is 38.7 Å². The van der Waals surface area contributed by atoms with E-state index in [9.17, 15) is 4.39 Å². The molecule has 2 N–H and O–H groups in total. The average molecular weight is 523 g/mol. The quantitative estimate of drug-likeness (QED) is 0.344. The minimum atomic E-state index is -0.261. The fourth-order valence-electron chi connectivity index (χ4n) is 3.16. The van der Waals surface area contributed by atoms with Crippen LogP contribution in [0.4, 0.5) is 9.39 Å². The van der Waals surface area contributed by atoms with Crippen LogP contribution in [0.3, 0.4) is 0 Å². The highest BCUT2D eigenvalue weighted by Crippen LogP contribution is 2.24. The minimum absolute atomic E-state index is 0. The molecule has 0 radical (unpaired) electrons. The zero-order chi connectivity index (χ0) is 18.4. The lowest BCUT2D eigenvalue weighted by molar-refractivity contribution is 0.463. The molecule has 1 aliphatic rings. The van der Waals surface area contributed by atoms with Crippen molar-refractivity contribution in [3.8, 4) is 0 Å². The Morgan fingerprint density at radius 1 is 1.30 bits per heavy atom. The van der Waals surface area contributed by atoms with Crippen LogP contribution in [0.2, 0.25) is 5.02 Å². The van der Waals surface area contributed by atoms with E-state index >= 15 is 0 Å². The molecule has 27 heavy (non-hydrogen) atoms. The largest absolute Gasteiger partial charge is 0.363 e. The molecule has 2 aromatic rings. The number of hydrogen-bond donors (Lipinski definition) is 2.